The van der Waals surface area contributed by atoms with Gasteiger partial charge in [0.25, 0.3) is 0 Å². The molecular formula is C22H35IN6O. The molecule has 0 spiro atoms. The topological polar surface area (TPSA) is 66.7 Å². The smallest absolute Gasteiger partial charge is 0.191 e. The SMILES string of the molecule is CCNC(=NCc1c(C)nn(C)c1C)NCC1CCN(c2ccccc2OC)C1.I. The van der Waals surface area contributed by atoms with E-state index in [-0.39, 0.29) is 24.0 Å². The van der Waals surface area contributed by atoms with Crippen molar-refractivity contribution in [2.45, 2.75) is 33.7 Å². The van der Waals surface area contributed by atoms with Crippen LogP contribution in [-0.2, 0) is 13.6 Å². The van der Waals surface area contributed by atoms with Gasteiger partial charge in [-0.1, -0.05) is 12.1 Å². The van der Waals surface area contributed by atoms with Gasteiger partial charge in [-0.25, -0.2) is 4.99 Å². The zero-order chi connectivity index (χ0) is 20.8. The second-order valence-electron chi connectivity index (χ2n) is 7.62. The number of methoxy groups -OCH3 is 1. The molecule has 0 radical (unpaired) electrons. The van der Waals surface area contributed by atoms with Crippen molar-refractivity contribution in [2.24, 2.45) is 18.0 Å². The molecule has 0 saturated carbocycles. The van der Waals surface area contributed by atoms with Gasteiger partial charge in [0.05, 0.1) is 25.0 Å². The third-order valence-corrected chi connectivity index (χ3v) is 5.67. The van der Waals surface area contributed by atoms with Crippen LogP contribution in [0.2, 0.25) is 0 Å². The molecule has 0 bridgehead atoms. The highest BCUT2D eigenvalue weighted by Gasteiger charge is 2.24. The number of aromatic nitrogens is 2. The summed E-state index contributed by atoms with van der Waals surface area (Å²) in [7, 11) is 3.71. The third-order valence-electron chi connectivity index (χ3n) is 5.67. The first-order chi connectivity index (χ1) is 14.0. The molecule has 2 aromatic rings. The van der Waals surface area contributed by atoms with Gasteiger partial charge in [-0.2, -0.15) is 5.10 Å². The summed E-state index contributed by atoms with van der Waals surface area (Å²) < 4.78 is 7.45. The summed E-state index contributed by atoms with van der Waals surface area (Å²) in [6.07, 6.45) is 1.16. The molecule has 1 aliphatic rings. The quantitative estimate of drug-likeness (QED) is 0.330. The van der Waals surface area contributed by atoms with E-state index in [0.717, 1.165) is 50.0 Å². The Balaban J connectivity index is 0.00000320. The van der Waals surface area contributed by atoms with E-state index in [2.05, 4.69) is 46.6 Å². The van der Waals surface area contributed by atoms with Gasteiger partial charge in [0.15, 0.2) is 5.96 Å². The molecule has 7 nitrogen and oxygen atoms in total. The first kappa shape index (κ1) is 24.3. The van der Waals surface area contributed by atoms with Crippen LogP contribution in [0.3, 0.4) is 0 Å². The van der Waals surface area contributed by atoms with E-state index in [1.807, 2.05) is 30.8 Å². The molecule has 8 heteroatoms. The van der Waals surface area contributed by atoms with Crippen LogP contribution in [-0.4, -0.2) is 49.0 Å². The minimum absolute atomic E-state index is 0. The number of anilines is 1. The Morgan fingerprint density at radius 2 is 2.03 bits per heavy atom. The minimum Gasteiger partial charge on any atom is -0.495 e. The summed E-state index contributed by atoms with van der Waals surface area (Å²) in [6.45, 7) is 10.7. The monoisotopic (exact) mass is 526 g/mol. The molecule has 1 aliphatic heterocycles. The molecule has 1 atom stereocenters. The van der Waals surface area contributed by atoms with Crippen LogP contribution in [0, 0.1) is 19.8 Å². The summed E-state index contributed by atoms with van der Waals surface area (Å²) in [5.41, 5.74) is 4.60. The number of rotatable bonds is 7. The lowest BCUT2D eigenvalue weighted by molar-refractivity contribution is 0.414. The summed E-state index contributed by atoms with van der Waals surface area (Å²) in [5, 5.41) is 11.4. The van der Waals surface area contributed by atoms with Crippen LogP contribution in [0.15, 0.2) is 29.3 Å². The Morgan fingerprint density at radius 1 is 1.27 bits per heavy atom. The van der Waals surface area contributed by atoms with Crippen LogP contribution in [0.4, 0.5) is 5.69 Å². The second-order valence-corrected chi connectivity index (χ2v) is 7.62. The van der Waals surface area contributed by atoms with Gasteiger partial charge >= 0.3 is 0 Å². The minimum atomic E-state index is 0. The van der Waals surface area contributed by atoms with Crippen molar-refractivity contribution < 1.29 is 4.74 Å². The van der Waals surface area contributed by atoms with Gasteiger partial charge in [-0.15, -0.1) is 24.0 Å². The summed E-state index contributed by atoms with van der Waals surface area (Å²) in [6, 6.07) is 8.25. The predicted molar refractivity (Wildman–Crippen MR) is 134 cm³/mol. The zero-order valence-electron chi connectivity index (χ0n) is 18.7. The van der Waals surface area contributed by atoms with Gasteiger partial charge in [0.2, 0.25) is 0 Å². The molecule has 1 aromatic heterocycles. The van der Waals surface area contributed by atoms with Crippen molar-refractivity contribution in [2.75, 3.05) is 38.2 Å². The van der Waals surface area contributed by atoms with E-state index in [9.17, 15) is 0 Å². The molecule has 1 fully saturated rings. The van der Waals surface area contributed by atoms with Gasteiger partial charge < -0.3 is 20.3 Å². The molecular weight excluding hydrogens is 491 g/mol. The van der Waals surface area contributed by atoms with Crippen molar-refractivity contribution in [1.82, 2.24) is 20.4 Å². The number of benzene rings is 1. The van der Waals surface area contributed by atoms with Crippen LogP contribution in [0.5, 0.6) is 5.75 Å². The average Bonchev–Trinajstić information content (AvgIpc) is 3.29. The lowest BCUT2D eigenvalue weighted by Crippen LogP contribution is -2.40. The largest absolute Gasteiger partial charge is 0.495 e. The maximum Gasteiger partial charge on any atom is 0.191 e. The van der Waals surface area contributed by atoms with Crippen molar-refractivity contribution in [3.63, 3.8) is 0 Å². The number of aliphatic imine (C=N–C) groups is 1. The molecule has 0 amide bonds. The Morgan fingerprint density at radius 3 is 2.70 bits per heavy atom. The molecule has 166 valence electrons. The van der Waals surface area contributed by atoms with Gasteiger partial charge in [-0.05, 0) is 45.2 Å². The maximum absolute atomic E-state index is 5.52. The highest BCUT2D eigenvalue weighted by molar-refractivity contribution is 14.0. The van der Waals surface area contributed by atoms with Crippen molar-refractivity contribution >= 4 is 35.6 Å². The highest BCUT2D eigenvalue weighted by Crippen LogP contribution is 2.31. The standard InChI is InChI=1S/C22H34N6O.HI/c1-6-23-22(25-14-19-16(2)26-27(4)17(19)3)24-13-18-11-12-28(15-18)20-9-7-8-10-21(20)29-5;/h7-10,18H,6,11-15H2,1-5H3,(H2,23,24,25);1H. The van der Waals surface area contributed by atoms with E-state index in [0.29, 0.717) is 12.5 Å². The second kappa shape index (κ2) is 11.4. The van der Waals surface area contributed by atoms with Crippen LogP contribution >= 0.6 is 24.0 Å². The fraction of sp³-hybridized carbons (Fsp3) is 0.545. The zero-order valence-corrected chi connectivity index (χ0v) is 21.1. The van der Waals surface area contributed by atoms with E-state index in [4.69, 9.17) is 9.73 Å². The molecule has 30 heavy (non-hydrogen) atoms. The van der Waals surface area contributed by atoms with Gasteiger partial charge in [-0.3, -0.25) is 4.68 Å². The van der Waals surface area contributed by atoms with E-state index in [1.165, 1.54) is 16.9 Å². The number of halogens is 1. The Bertz CT molecular complexity index is 850. The normalized spacial score (nSPS) is 16.4. The summed E-state index contributed by atoms with van der Waals surface area (Å²) in [5.74, 6) is 2.38. The molecule has 1 aromatic carbocycles. The third kappa shape index (κ3) is 5.80. The lowest BCUT2D eigenvalue weighted by atomic mass is 10.1. The van der Waals surface area contributed by atoms with Crippen molar-refractivity contribution in [3.05, 3.63) is 41.2 Å². The van der Waals surface area contributed by atoms with Crippen LogP contribution in [0.1, 0.15) is 30.3 Å². The molecule has 2 N–H and O–H groups in total. The lowest BCUT2D eigenvalue weighted by Gasteiger charge is -2.21. The molecule has 1 saturated heterocycles. The highest BCUT2D eigenvalue weighted by atomic mass is 127. The molecule has 1 unspecified atom stereocenters. The van der Waals surface area contributed by atoms with E-state index in [1.54, 1.807) is 7.11 Å². The number of para-hydroxylation sites is 2. The van der Waals surface area contributed by atoms with Gasteiger partial charge in [0.1, 0.15) is 5.75 Å². The van der Waals surface area contributed by atoms with Crippen LogP contribution < -0.4 is 20.3 Å². The van der Waals surface area contributed by atoms with Crippen molar-refractivity contribution in [3.8, 4) is 5.75 Å². The molecule has 0 aliphatic carbocycles. The summed E-state index contributed by atoms with van der Waals surface area (Å²) in [4.78, 5) is 7.21. The first-order valence-corrected chi connectivity index (χ1v) is 10.4. The first-order valence-electron chi connectivity index (χ1n) is 10.4. The number of nitrogens with zero attached hydrogens (tertiary/aromatic N) is 4. The Hall–Kier alpha value is -1.97. The van der Waals surface area contributed by atoms with Gasteiger partial charge in [0, 0.05) is 44.5 Å². The number of hydrogen-bond acceptors (Lipinski definition) is 4. The number of guanidine groups is 1. The Labute approximate surface area is 197 Å². The average molecular weight is 526 g/mol. The van der Waals surface area contributed by atoms with Crippen molar-refractivity contribution in [1.29, 1.82) is 0 Å². The van der Waals surface area contributed by atoms with Crippen LogP contribution in [0.25, 0.3) is 0 Å². The molecule has 2 heterocycles. The fourth-order valence-corrected chi connectivity index (χ4v) is 3.90. The maximum atomic E-state index is 5.52. The number of hydrogen-bond donors (Lipinski definition) is 2. The van der Waals surface area contributed by atoms with E-state index < -0.39 is 0 Å². The number of ether oxygens (including phenoxy) is 1. The number of aryl methyl sites for hydroxylation is 2. The molecule has 3 rings (SSSR count). The summed E-state index contributed by atoms with van der Waals surface area (Å²) >= 11 is 0. The number of nitrogens with one attached hydrogen (secondary N) is 2. The Kier molecular flexibility index (Phi) is 9.26. The van der Waals surface area contributed by atoms with E-state index >= 15 is 0 Å². The predicted octanol–water partition coefficient (Wildman–Crippen LogP) is 3.25. The fourth-order valence-electron chi connectivity index (χ4n) is 3.90.